The lowest BCUT2D eigenvalue weighted by molar-refractivity contribution is 0.199. The number of methoxy groups -OCH3 is 1. The van der Waals surface area contributed by atoms with Crippen LogP contribution in [0.2, 0.25) is 0 Å². The van der Waals surface area contributed by atoms with Crippen LogP contribution in [0.1, 0.15) is 5.56 Å². The van der Waals surface area contributed by atoms with Gasteiger partial charge in [0.2, 0.25) is 10.0 Å². The third kappa shape index (κ3) is 5.58. The molecule has 0 unspecified atom stereocenters. The molecule has 2 N–H and O–H groups in total. The molecule has 0 bridgehead atoms. The van der Waals surface area contributed by atoms with Crippen LogP contribution >= 0.6 is 15.9 Å². The van der Waals surface area contributed by atoms with Crippen LogP contribution in [-0.2, 0) is 14.8 Å². The second-order valence-electron chi connectivity index (χ2n) is 4.05. The fourth-order valence-corrected chi connectivity index (χ4v) is 2.80. The molecule has 0 aliphatic carbocycles. The highest BCUT2D eigenvalue weighted by Crippen LogP contribution is 2.19. The van der Waals surface area contributed by atoms with Crippen molar-refractivity contribution in [1.82, 2.24) is 10.0 Å². The molecule has 5 nitrogen and oxygen atoms in total. The molecule has 0 aliphatic rings. The smallest absolute Gasteiger partial charge is 0.240 e. The van der Waals surface area contributed by atoms with Crippen molar-refractivity contribution in [2.45, 2.75) is 11.8 Å². The number of ether oxygens (including phenoxy) is 1. The van der Waals surface area contributed by atoms with Crippen molar-refractivity contribution in [3.63, 3.8) is 0 Å². The molecule has 0 amide bonds. The van der Waals surface area contributed by atoms with Gasteiger partial charge < -0.3 is 10.1 Å². The molecule has 1 aromatic rings. The average molecular weight is 351 g/mol. The molecule has 1 rings (SSSR count). The molecule has 0 aliphatic heterocycles. The van der Waals surface area contributed by atoms with Gasteiger partial charge in [-0.1, -0.05) is 15.9 Å². The van der Waals surface area contributed by atoms with E-state index in [9.17, 15) is 8.42 Å². The first kappa shape index (κ1) is 16.6. The Hall–Kier alpha value is -0.470. The lowest BCUT2D eigenvalue weighted by atomic mass is 10.2. The van der Waals surface area contributed by atoms with Gasteiger partial charge in [0, 0.05) is 31.2 Å². The number of hydrogen-bond acceptors (Lipinski definition) is 4. The maximum atomic E-state index is 12.0. The van der Waals surface area contributed by atoms with Crippen LogP contribution in [0.4, 0.5) is 0 Å². The van der Waals surface area contributed by atoms with E-state index in [-0.39, 0.29) is 4.90 Å². The van der Waals surface area contributed by atoms with E-state index >= 15 is 0 Å². The maximum Gasteiger partial charge on any atom is 0.240 e. The lowest BCUT2D eigenvalue weighted by Gasteiger charge is -2.09. The van der Waals surface area contributed by atoms with Crippen molar-refractivity contribution < 1.29 is 13.2 Å². The molecule has 0 aromatic heterocycles. The summed E-state index contributed by atoms with van der Waals surface area (Å²) in [5, 5.41) is 3.07. The Morgan fingerprint density at radius 2 is 2.00 bits per heavy atom. The highest BCUT2D eigenvalue weighted by molar-refractivity contribution is 9.10. The van der Waals surface area contributed by atoms with E-state index in [0.29, 0.717) is 26.2 Å². The molecule has 7 heteroatoms. The fourth-order valence-electron chi connectivity index (χ4n) is 1.44. The molecule has 0 radical (unpaired) electrons. The molecular formula is C12H19BrN2O3S. The third-order valence-corrected chi connectivity index (χ3v) is 4.86. The summed E-state index contributed by atoms with van der Waals surface area (Å²) in [5.74, 6) is 0. The van der Waals surface area contributed by atoms with E-state index in [1.165, 1.54) is 0 Å². The van der Waals surface area contributed by atoms with Gasteiger partial charge in [-0.15, -0.1) is 0 Å². The molecule has 19 heavy (non-hydrogen) atoms. The van der Waals surface area contributed by atoms with E-state index in [0.717, 1.165) is 10.0 Å². The SMILES string of the molecule is COCCNCCNS(=O)(=O)c1ccc(Br)c(C)c1. The topological polar surface area (TPSA) is 67.4 Å². The normalized spacial score (nSPS) is 11.7. The summed E-state index contributed by atoms with van der Waals surface area (Å²) < 4.78 is 32.3. The van der Waals surface area contributed by atoms with Crippen LogP contribution in [0.15, 0.2) is 27.6 Å². The molecule has 108 valence electrons. The maximum absolute atomic E-state index is 12.0. The summed E-state index contributed by atoms with van der Waals surface area (Å²) in [6, 6.07) is 4.96. The van der Waals surface area contributed by atoms with E-state index in [2.05, 4.69) is 26.0 Å². The van der Waals surface area contributed by atoms with Crippen molar-refractivity contribution in [2.24, 2.45) is 0 Å². The van der Waals surface area contributed by atoms with Crippen LogP contribution in [0.5, 0.6) is 0 Å². The number of aryl methyl sites for hydroxylation is 1. The van der Waals surface area contributed by atoms with Gasteiger partial charge in [-0.3, -0.25) is 0 Å². The van der Waals surface area contributed by atoms with Crippen molar-refractivity contribution in [1.29, 1.82) is 0 Å². The zero-order valence-corrected chi connectivity index (χ0v) is 13.5. The predicted molar refractivity (Wildman–Crippen MR) is 78.8 cm³/mol. The zero-order chi connectivity index (χ0) is 14.3. The number of halogens is 1. The first-order valence-electron chi connectivity index (χ1n) is 5.93. The monoisotopic (exact) mass is 350 g/mol. The van der Waals surface area contributed by atoms with Gasteiger partial charge in [0.05, 0.1) is 11.5 Å². The van der Waals surface area contributed by atoms with E-state index < -0.39 is 10.0 Å². The van der Waals surface area contributed by atoms with Crippen LogP contribution < -0.4 is 10.0 Å². The Kier molecular flexibility index (Phi) is 6.95. The quantitative estimate of drug-likeness (QED) is 0.693. The fraction of sp³-hybridized carbons (Fsp3) is 0.500. The molecule has 0 spiro atoms. The van der Waals surface area contributed by atoms with Gasteiger partial charge >= 0.3 is 0 Å². The van der Waals surface area contributed by atoms with E-state index in [4.69, 9.17) is 4.74 Å². The summed E-state index contributed by atoms with van der Waals surface area (Å²) in [4.78, 5) is 0.282. The van der Waals surface area contributed by atoms with Crippen LogP contribution in [0, 0.1) is 6.92 Å². The Labute approximate surface area is 122 Å². The molecule has 0 saturated carbocycles. The Balaban J connectivity index is 2.49. The van der Waals surface area contributed by atoms with Crippen molar-refractivity contribution in [2.75, 3.05) is 33.4 Å². The van der Waals surface area contributed by atoms with Gasteiger partial charge in [0.25, 0.3) is 0 Å². The number of benzene rings is 1. The number of nitrogens with one attached hydrogen (secondary N) is 2. The summed E-state index contributed by atoms with van der Waals surface area (Å²) in [6.45, 7) is 4.09. The molecular weight excluding hydrogens is 332 g/mol. The minimum Gasteiger partial charge on any atom is -0.383 e. The Morgan fingerprint density at radius 1 is 1.26 bits per heavy atom. The van der Waals surface area contributed by atoms with E-state index in [1.807, 2.05) is 6.92 Å². The number of rotatable bonds is 8. The van der Waals surface area contributed by atoms with Crippen LogP contribution in [0.25, 0.3) is 0 Å². The highest BCUT2D eigenvalue weighted by Gasteiger charge is 2.13. The number of sulfonamides is 1. The lowest BCUT2D eigenvalue weighted by Crippen LogP contribution is -2.33. The van der Waals surface area contributed by atoms with Crippen LogP contribution in [0.3, 0.4) is 0 Å². The predicted octanol–water partition coefficient (Wildman–Crippen LogP) is 1.27. The third-order valence-electron chi connectivity index (χ3n) is 2.52. The molecule has 0 atom stereocenters. The van der Waals surface area contributed by atoms with Crippen molar-refractivity contribution >= 4 is 26.0 Å². The summed E-state index contributed by atoms with van der Waals surface area (Å²) in [6.07, 6.45) is 0. The number of hydrogen-bond donors (Lipinski definition) is 2. The van der Waals surface area contributed by atoms with E-state index in [1.54, 1.807) is 25.3 Å². The standard InChI is InChI=1S/C12H19BrN2O3S/c1-10-9-11(3-4-12(10)13)19(16,17)15-6-5-14-7-8-18-2/h3-4,9,14-15H,5-8H2,1-2H3. The summed E-state index contributed by atoms with van der Waals surface area (Å²) in [5.41, 5.74) is 0.890. The van der Waals surface area contributed by atoms with Gasteiger partial charge in [0.15, 0.2) is 0 Å². The zero-order valence-electron chi connectivity index (χ0n) is 11.1. The van der Waals surface area contributed by atoms with Gasteiger partial charge in [-0.25, -0.2) is 13.1 Å². The largest absolute Gasteiger partial charge is 0.383 e. The molecule has 0 saturated heterocycles. The minimum absolute atomic E-state index is 0.282. The molecule has 0 heterocycles. The first-order valence-corrected chi connectivity index (χ1v) is 8.20. The Morgan fingerprint density at radius 3 is 2.63 bits per heavy atom. The van der Waals surface area contributed by atoms with Crippen molar-refractivity contribution in [3.05, 3.63) is 28.2 Å². The Bertz CT molecular complexity index is 506. The van der Waals surface area contributed by atoms with Crippen molar-refractivity contribution in [3.8, 4) is 0 Å². The first-order chi connectivity index (χ1) is 8.97. The van der Waals surface area contributed by atoms with Gasteiger partial charge in [-0.05, 0) is 30.7 Å². The second-order valence-corrected chi connectivity index (χ2v) is 6.67. The second kappa shape index (κ2) is 7.96. The van der Waals surface area contributed by atoms with Gasteiger partial charge in [-0.2, -0.15) is 0 Å². The van der Waals surface area contributed by atoms with Crippen LogP contribution in [-0.4, -0.2) is 41.8 Å². The average Bonchev–Trinajstić information content (AvgIpc) is 2.36. The molecule has 0 fully saturated rings. The minimum atomic E-state index is -3.43. The summed E-state index contributed by atoms with van der Waals surface area (Å²) >= 11 is 3.35. The molecule has 1 aromatic carbocycles. The van der Waals surface area contributed by atoms with Gasteiger partial charge in [0.1, 0.15) is 0 Å². The highest BCUT2D eigenvalue weighted by atomic mass is 79.9. The summed E-state index contributed by atoms with van der Waals surface area (Å²) in [7, 11) is -1.81.